The SMILES string of the molecule is CC(C)(/C=C/c1ccccc1)[N+](=O)[O-]. The lowest BCUT2D eigenvalue weighted by molar-refractivity contribution is -0.545. The second-order valence-electron chi connectivity index (χ2n) is 3.65. The molecular formula is C11H13NO2. The average molecular weight is 191 g/mol. The fraction of sp³-hybridized carbons (Fsp3) is 0.273. The van der Waals surface area contributed by atoms with E-state index in [-0.39, 0.29) is 4.92 Å². The van der Waals surface area contributed by atoms with Crippen LogP contribution in [-0.2, 0) is 0 Å². The lowest BCUT2D eigenvalue weighted by Crippen LogP contribution is -2.27. The summed E-state index contributed by atoms with van der Waals surface area (Å²) in [7, 11) is 0. The van der Waals surface area contributed by atoms with Crippen molar-refractivity contribution in [2.24, 2.45) is 0 Å². The first-order chi connectivity index (χ1) is 6.52. The molecule has 0 aliphatic heterocycles. The van der Waals surface area contributed by atoms with Gasteiger partial charge in [0.15, 0.2) is 0 Å². The largest absolute Gasteiger partial charge is 0.264 e. The first-order valence-electron chi connectivity index (χ1n) is 4.41. The van der Waals surface area contributed by atoms with Crippen molar-refractivity contribution in [1.82, 2.24) is 0 Å². The molecule has 1 aromatic carbocycles. The fourth-order valence-corrected chi connectivity index (χ4v) is 0.925. The first-order valence-corrected chi connectivity index (χ1v) is 4.41. The van der Waals surface area contributed by atoms with Gasteiger partial charge < -0.3 is 0 Å². The van der Waals surface area contributed by atoms with Gasteiger partial charge in [-0.1, -0.05) is 36.4 Å². The second kappa shape index (κ2) is 4.05. The van der Waals surface area contributed by atoms with Crippen molar-refractivity contribution >= 4 is 6.08 Å². The molecule has 0 aliphatic carbocycles. The van der Waals surface area contributed by atoms with Crippen LogP contribution in [0.3, 0.4) is 0 Å². The maximum absolute atomic E-state index is 10.6. The van der Waals surface area contributed by atoms with Gasteiger partial charge in [0, 0.05) is 18.8 Å². The molecule has 0 radical (unpaired) electrons. The van der Waals surface area contributed by atoms with E-state index in [1.54, 1.807) is 26.0 Å². The standard InChI is InChI=1S/C11H13NO2/c1-11(2,12(13)14)9-8-10-6-4-3-5-7-10/h3-9H,1-2H3/b9-8+. The third-order valence-electron chi connectivity index (χ3n) is 1.95. The van der Waals surface area contributed by atoms with E-state index in [1.165, 1.54) is 0 Å². The highest BCUT2D eigenvalue weighted by molar-refractivity contribution is 5.49. The number of nitrogens with zero attached hydrogens (tertiary/aromatic N) is 1. The van der Waals surface area contributed by atoms with Crippen LogP contribution in [0.15, 0.2) is 36.4 Å². The number of rotatable bonds is 3. The highest BCUT2D eigenvalue weighted by atomic mass is 16.6. The van der Waals surface area contributed by atoms with Crippen LogP contribution in [0.1, 0.15) is 19.4 Å². The minimum absolute atomic E-state index is 0.299. The zero-order valence-electron chi connectivity index (χ0n) is 8.31. The number of hydrogen-bond acceptors (Lipinski definition) is 2. The Balaban J connectivity index is 2.79. The predicted octanol–water partition coefficient (Wildman–Crippen LogP) is 2.76. The number of benzene rings is 1. The highest BCUT2D eigenvalue weighted by Crippen LogP contribution is 2.12. The third kappa shape index (κ3) is 2.69. The van der Waals surface area contributed by atoms with Crippen LogP contribution >= 0.6 is 0 Å². The Morgan fingerprint density at radius 1 is 1.29 bits per heavy atom. The van der Waals surface area contributed by atoms with Gasteiger partial charge in [-0.25, -0.2) is 0 Å². The van der Waals surface area contributed by atoms with Gasteiger partial charge in [-0.15, -0.1) is 0 Å². The van der Waals surface area contributed by atoms with Gasteiger partial charge >= 0.3 is 0 Å². The molecule has 0 heterocycles. The van der Waals surface area contributed by atoms with E-state index < -0.39 is 5.54 Å². The Kier molecular flexibility index (Phi) is 3.02. The Bertz CT molecular complexity index is 342. The molecule has 0 fully saturated rings. The van der Waals surface area contributed by atoms with E-state index >= 15 is 0 Å². The lowest BCUT2D eigenvalue weighted by Gasteiger charge is -2.09. The van der Waals surface area contributed by atoms with Crippen molar-refractivity contribution in [3.8, 4) is 0 Å². The third-order valence-corrected chi connectivity index (χ3v) is 1.95. The zero-order valence-corrected chi connectivity index (χ0v) is 8.31. The van der Waals surface area contributed by atoms with Gasteiger partial charge in [-0.2, -0.15) is 0 Å². The molecule has 0 atom stereocenters. The van der Waals surface area contributed by atoms with Crippen LogP contribution in [0.2, 0.25) is 0 Å². The number of nitro groups is 1. The minimum atomic E-state index is -1.00. The molecule has 3 nitrogen and oxygen atoms in total. The smallest absolute Gasteiger partial charge is 0.235 e. The summed E-state index contributed by atoms with van der Waals surface area (Å²) >= 11 is 0. The summed E-state index contributed by atoms with van der Waals surface area (Å²) in [4.78, 5) is 10.3. The molecule has 0 spiro atoms. The molecule has 0 N–H and O–H groups in total. The molecule has 3 heteroatoms. The van der Waals surface area contributed by atoms with Crippen molar-refractivity contribution in [1.29, 1.82) is 0 Å². The van der Waals surface area contributed by atoms with Crippen LogP contribution in [0.4, 0.5) is 0 Å². The molecular weight excluding hydrogens is 178 g/mol. The molecule has 0 aliphatic rings. The molecule has 74 valence electrons. The van der Waals surface area contributed by atoms with Crippen molar-refractivity contribution < 1.29 is 4.92 Å². The first kappa shape index (κ1) is 10.4. The molecule has 0 amide bonds. The normalized spacial score (nSPS) is 11.9. The van der Waals surface area contributed by atoms with E-state index in [2.05, 4.69) is 0 Å². The monoisotopic (exact) mass is 191 g/mol. The topological polar surface area (TPSA) is 43.1 Å². The molecule has 0 aromatic heterocycles. The molecule has 1 rings (SSSR count). The summed E-state index contributed by atoms with van der Waals surface area (Å²) in [6.07, 6.45) is 3.37. The summed E-state index contributed by atoms with van der Waals surface area (Å²) in [5.41, 5.74) is -0.0297. The Morgan fingerprint density at radius 3 is 2.36 bits per heavy atom. The maximum Gasteiger partial charge on any atom is 0.235 e. The van der Waals surface area contributed by atoms with Gasteiger partial charge in [-0.05, 0) is 11.6 Å². The van der Waals surface area contributed by atoms with E-state index in [1.807, 2.05) is 30.3 Å². The zero-order chi connectivity index (χ0) is 10.6. The van der Waals surface area contributed by atoms with Gasteiger partial charge in [0.05, 0.1) is 0 Å². The molecule has 14 heavy (non-hydrogen) atoms. The second-order valence-corrected chi connectivity index (χ2v) is 3.65. The van der Waals surface area contributed by atoms with E-state index in [0.717, 1.165) is 5.56 Å². The Morgan fingerprint density at radius 2 is 1.86 bits per heavy atom. The average Bonchev–Trinajstić information content (AvgIpc) is 2.16. The van der Waals surface area contributed by atoms with Crippen LogP contribution in [0.25, 0.3) is 6.08 Å². The molecule has 0 saturated heterocycles. The Hall–Kier alpha value is -1.64. The van der Waals surface area contributed by atoms with Gasteiger partial charge in [0.1, 0.15) is 0 Å². The summed E-state index contributed by atoms with van der Waals surface area (Å²) in [6, 6.07) is 9.53. The Labute approximate surface area is 83.2 Å². The van der Waals surface area contributed by atoms with Gasteiger partial charge in [0.25, 0.3) is 0 Å². The summed E-state index contributed by atoms with van der Waals surface area (Å²) in [5.74, 6) is 0. The summed E-state index contributed by atoms with van der Waals surface area (Å²) in [6.45, 7) is 3.15. The van der Waals surface area contributed by atoms with Crippen LogP contribution in [0, 0.1) is 10.1 Å². The molecule has 0 saturated carbocycles. The molecule has 0 unspecified atom stereocenters. The van der Waals surface area contributed by atoms with Crippen LogP contribution < -0.4 is 0 Å². The highest BCUT2D eigenvalue weighted by Gasteiger charge is 2.26. The van der Waals surface area contributed by atoms with Crippen molar-refractivity contribution in [2.75, 3.05) is 0 Å². The maximum atomic E-state index is 10.6. The lowest BCUT2D eigenvalue weighted by atomic mass is 10.0. The van der Waals surface area contributed by atoms with E-state index in [0.29, 0.717) is 0 Å². The predicted molar refractivity (Wildman–Crippen MR) is 56.5 cm³/mol. The van der Waals surface area contributed by atoms with E-state index in [9.17, 15) is 10.1 Å². The van der Waals surface area contributed by atoms with Crippen molar-refractivity contribution in [3.05, 3.63) is 52.1 Å². The minimum Gasteiger partial charge on any atom is -0.264 e. The molecule has 1 aromatic rings. The summed E-state index contributed by atoms with van der Waals surface area (Å²) < 4.78 is 0. The summed E-state index contributed by atoms with van der Waals surface area (Å²) in [5, 5.41) is 10.6. The van der Waals surface area contributed by atoms with E-state index in [4.69, 9.17) is 0 Å². The van der Waals surface area contributed by atoms with Crippen LogP contribution in [-0.4, -0.2) is 10.5 Å². The van der Waals surface area contributed by atoms with Gasteiger partial charge in [0.2, 0.25) is 5.54 Å². The number of hydrogen-bond donors (Lipinski definition) is 0. The fourth-order valence-electron chi connectivity index (χ4n) is 0.925. The van der Waals surface area contributed by atoms with Crippen molar-refractivity contribution in [3.63, 3.8) is 0 Å². The van der Waals surface area contributed by atoms with Crippen molar-refractivity contribution in [2.45, 2.75) is 19.4 Å². The van der Waals surface area contributed by atoms with Crippen LogP contribution in [0.5, 0.6) is 0 Å². The quantitative estimate of drug-likeness (QED) is 0.544. The van der Waals surface area contributed by atoms with Gasteiger partial charge in [-0.3, -0.25) is 10.1 Å². The molecule has 0 bridgehead atoms.